The Balaban J connectivity index is 2.12. The molecule has 0 spiro atoms. The summed E-state index contributed by atoms with van der Waals surface area (Å²) < 4.78 is 0. The molecule has 1 aromatic rings. The number of hydrogen-bond donors (Lipinski definition) is 3. The van der Waals surface area contributed by atoms with E-state index in [0.29, 0.717) is 0 Å². The second kappa shape index (κ2) is 5.24. The van der Waals surface area contributed by atoms with Crippen molar-refractivity contribution in [3.05, 3.63) is 23.8 Å². The van der Waals surface area contributed by atoms with Gasteiger partial charge in [-0.05, 0) is 42.2 Å². The van der Waals surface area contributed by atoms with Crippen LogP contribution in [0.2, 0.25) is 0 Å². The Morgan fingerprint density at radius 2 is 1.71 bits per heavy atom. The molecule has 0 aliphatic heterocycles. The molecular formula is C17H25NO3. The predicted molar refractivity (Wildman–Crippen MR) is 82.4 cm³/mol. The van der Waals surface area contributed by atoms with Gasteiger partial charge in [-0.15, -0.1) is 0 Å². The second-order valence-electron chi connectivity index (χ2n) is 7.79. The third-order valence-electron chi connectivity index (χ3n) is 4.12. The minimum Gasteiger partial charge on any atom is -0.508 e. The molecule has 2 rings (SSSR count). The summed E-state index contributed by atoms with van der Waals surface area (Å²) >= 11 is 0. The molecule has 1 saturated carbocycles. The molecule has 0 atom stereocenters. The molecule has 0 saturated heterocycles. The summed E-state index contributed by atoms with van der Waals surface area (Å²) in [6.07, 6.45) is 3.00. The van der Waals surface area contributed by atoms with Crippen LogP contribution in [0.4, 0.5) is 0 Å². The van der Waals surface area contributed by atoms with Crippen molar-refractivity contribution in [3.63, 3.8) is 0 Å². The van der Waals surface area contributed by atoms with Crippen LogP contribution < -0.4 is 5.32 Å². The van der Waals surface area contributed by atoms with Crippen LogP contribution in [0, 0.1) is 10.8 Å². The smallest absolute Gasteiger partial charge is 0.255 e. The molecule has 0 aromatic heterocycles. The molecule has 21 heavy (non-hydrogen) atoms. The minimum atomic E-state index is -0.286. The predicted octanol–water partition coefficient (Wildman–Crippen LogP) is 3.43. The van der Waals surface area contributed by atoms with Crippen molar-refractivity contribution in [2.45, 2.75) is 53.0 Å². The van der Waals surface area contributed by atoms with Gasteiger partial charge in [0.15, 0.2) is 0 Å². The lowest BCUT2D eigenvalue weighted by molar-refractivity contribution is 0.0712. The Bertz CT molecular complexity index is 533. The largest absolute Gasteiger partial charge is 0.508 e. The monoisotopic (exact) mass is 291 g/mol. The number of phenols is 2. The van der Waals surface area contributed by atoms with Crippen molar-refractivity contribution >= 4 is 5.91 Å². The number of carbonyl (C=O) groups is 1. The van der Waals surface area contributed by atoms with E-state index >= 15 is 0 Å². The van der Waals surface area contributed by atoms with Crippen molar-refractivity contribution in [3.8, 4) is 11.5 Å². The average Bonchev–Trinajstić information content (AvgIpc) is 2.23. The van der Waals surface area contributed by atoms with Gasteiger partial charge in [0, 0.05) is 12.1 Å². The number of benzene rings is 1. The topological polar surface area (TPSA) is 69.6 Å². The van der Waals surface area contributed by atoms with Crippen LogP contribution in [0.5, 0.6) is 11.5 Å². The van der Waals surface area contributed by atoms with E-state index < -0.39 is 0 Å². The Hall–Kier alpha value is -1.71. The zero-order valence-electron chi connectivity index (χ0n) is 13.2. The lowest BCUT2D eigenvalue weighted by atomic mass is 9.63. The van der Waals surface area contributed by atoms with Crippen LogP contribution in [-0.4, -0.2) is 22.2 Å². The van der Waals surface area contributed by atoms with Crippen molar-refractivity contribution < 1.29 is 15.0 Å². The number of hydrogen-bond acceptors (Lipinski definition) is 3. The highest BCUT2D eigenvalue weighted by atomic mass is 16.3. The highest BCUT2D eigenvalue weighted by Gasteiger charge is 2.39. The number of aromatic hydroxyl groups is 2. The van der Waals surface area contributed by atoms with Gasteiger partial charge < -0.3 is 15.5 Å². The van der Waals surface area contributed by atoms with Crippen molar-refractivity contribution in [2.24, 2.45) is 10.8 Å². The zero-order valence-corrected chi connectivity index (χ0v) is 13.2. The zero-order chi connectivity index (χ0) is 15.8. The molecule has 3 N–H and O–H groups in total. The van der Waals surface area contributed by atoms with Crippen molar-refractivity contribution in [1.82, 2.24) is 5.32 Å². The van der Waals surface area contributed by atoms with Gasteiger partial charge in [0.1, 0.15) is 11.5 Å². The summed E-state index contributed by atoms with van der Waals surface area (Å²) in [5.74, 6) is -0.531. The summed E-state index contributed by atoms with van der Waals surface area (Å²) in [7, 11) is 0. The molecule has 0 heterocycles. The molecule has 1 amide bonds. The number of carbonyl (C=O) groups excluding carboxylic acids is 1. The number of phenolic OH excluding ortho intramolecular Hbond substituents is 2. The van der Waals surface area contributed by atoms with E-state index in [1.54, 1.807) is 0 Å². The Morgan fingerprint density at radius 1 is 1.14 bits per heavy atom. The SMILES string of the molecule is CC1(C)CC(NC(=O)c2ccc(O)cc2O)CC(C)(C)C1. The molecule has 116 valence electrons. The molecular weight excluding hydrogens is 266 g/mol. The normalized spacial score (nSPS) is 21.0. The number of amides is 1. The lowest BCUT2D eigenvalue weighted by Crippen LogP contribution is -2.46. The van der Waals surface area contributed by atoms with E-state index in [9.17, 15) is 15.0 Å². The fraction of sp³-hybridized carbons (Fsp3) is 0.588. The first-order valence-electron chi connectivity index (χ1n) is 7.41. The van der Waals surface area contributed by atoms with Crippen molar-refractivity contribution in [2.75, 3.05) is 0 Å². The minimum absolute atomic E-state index is 0.0519. The molecule has 1 aliphatic carbocycles. The maximum atomic E-state index is 12.3. The summed E-state index contributed by atoms with van der Waals surface area (Å²) in [6.45, 7) is 8.91. The van der Waals surface area contributed by atoms with Gasteiger partial charge >= 0.3 is 0 Å². The van der Waals surface area contributed by atoms with Gasteiger partial charge in [-0.2, -0.15) is 0 Å². The standard InChI is InChI=1S/C17H25NO3/c1-16(2)8-11(9-17(3,4)10-16)18-15(21)13-6-5-12(19)7-14(13)20/h5-7,11,19-20H,8-10H2,1-4H3,(H,18,21). The van der Waals surface area contributed by atoms with Gasteiger partial charge in [0.25, 0.3) is 5.91 Å². The van der Waals surface area contributed by atoms with E-state index in [0.717, 1.165) is 19.3 Å². The van der Waals surface area contributed by atoms with Crippen LogP contribution in [-0.2, 0) is 0 Å². The molecule has 1 aliphatic rings. The fourth-order valence-corrected chi connectivity index (χ4v) is 3.92. The third-order valence-corrected chi connectivity index (χ3v) is 4.12. The quantitative estimate of drug-likeness (QED) is 0.782. The second-order valence-corrected chi connectivity index (χ2v) is 7.79. The maximum Gasteiger partial charge on any atom is 0.255 e. The molecule has 0 radical (unpaired) electrons. The Labute approximate surface area is 126 Å². The van der Waals surface area contributed by atoms with E-state index in [4.69, 9.17) is 0 Å². The van der Waals surface area contributed by atoms with Gasteiger partial charge in [0.05, 0.1) is 5.56 Å². The first-order chi connectivity index (χ1) is 9.58. The van der Waals surface area contributed by atoms with Crippen LogP contribution in [0.3, 0.4) is 0 Å². The van der Waals surface area contributed by atoms with Crippen LogP contribution in [0.25, 0.3) is 0 Å². The summed E-state index contributed by atoms with van der Waals surface area (Å²) in [4.78, 5) is 12.3. The summed E-state index contributed by atoms with van der Waals surface area (Å²) in [6, 6.07) is 4.14. The first kappa shape index (κ1) is 15.7. The molecule has 0 unspecified atom stereocenters. The lowest BCUT2D eigenvalue weighted by Gasteiger charge is -2.45. The summed E-state index contributed by atoms with van der Waals surface area (Å²) in [5, 5.41) is 22.1. The molecule has 0 bridgehead atoms. The Morgan fingerprint density at radius 3 is 2.24 bits per heavy atom. The third kappa shape index (κ3) is 3.90. The van der Waals surface area contributed by atoms with Gasteiger partial charge in [-0.3, -0.25) is 4.79 Å². The molecule has 1 aromatic carbocycles. The number of rotatable bonds is 2. The van der Waals surface area contributed by atoms with Crippen LogP contribution >= 0.6 is 0 Å². The van der Waals surface area contributed by atoms with Crippen molar-refractivity contribution in [1.29, 1.82) is 0 Å². The van der Waals surface area contributed by atoms with Crippen LogP contribution in [0.1, 0.15) is 57.3 Å². The number of nitrogens with one attached hydrogen (secondary N) is 1. The molecule has 4 nitrogen and oxygen atoms in total. The fourth-order valence-electron chi connectivity index (χ4n) is 3.92. The summed E-state index contributed by atoms with van der Waals surface area (Å²) in [5.41, 5.74) is 0.585. The van der Waals surface area contributed by atoms with E-state index in [1.165, 1.54) is 18.2 Å². The average molecular weight is 291 g/mol. The van der Waals surface area contributed by atoms with E-state index in [-0.39, 0.29) is 39.8 Å². The van der Waals surface area contributed by atoms with Gasteiger partial charge in [-0.1, -0.05) is 27.7 Å². The van der Waals surface area contributed by atoms with E-state index in [2.05, 4.69) is 33.0 Å². The first-order valence-corrected chi connectivity index (χ1v) is 7.41. The Kier molecular flexibility index (Phi) is 3.91. The molecule has 4 heteroatoms. The van der Waals surface area contributed by atoms with Gasteiger partial charge in [-0.25, -0.2) is 0 Å². The molecule has 1 fully saturated rings. The highest BCUT2D eigenvalue weighted by Crippen LogP contribution is 2.45. The highest BCUT2D eigenvalue weighted by molar-refractivity contribution is 5.97. The van der Waals surface area contributed by atoms with Crippen LogP contribution in [0.15, 0.2) is 18.2 Å². The van der Waals surface area contributed by atoms with E-state index in [1.807, 2.05) is 0 Å². The maximum absolute atomic E-state index is 12.3. The van der Waals surface area contributed by atoms with Gasteiger partial charge in [0.2, 0.25) is 0 Å².